The van der Waals surface area contributed by atoms with Crippen LogP contribution in [0.2, 0.25) is 0 Å². The molecule has 0 fully saturated rings. The van der Waals surface area contributed by atoms with E-state index in [-0.39, 0.29) is 11.8 Å². The number of carbonyl (C=O) groups is 1. The zero-order valence-corrected chi connectivity index (χ0v) is 17.6. The maximum Gasteiger partial charge on any atom is 0.254 e. The lowest BCUT2D eigenvalue weighted by Crippen LogP contribution is -2.30. The number of allylic oxidation sites excluding steroid dienone is 2. The highest BCUT2D eigenvalue weighted by Gasteiger charge is 2.35. The van der Waals surface area contributed by atoms with Gasteiger partial charge in [0.15, 0.2) is 0 Å². The molecule has 4 nitrogen and oxygen atoms in total. The molecule has 1 amide bonds. The van der Waals surface area contributed by atoms with Crippen LogP contribution in [0.5, 0.6) is 0 Å². The second-order valence-corrected chi connectivity index (χ2v) is 8.57. The SMILES string of the molecule is CCCCSC1=C(C#N)[C@@H](c2cccs2)C(C(=O)Nc2ccccc2)=C(C)N1. The summed E-state index contributed by atoms with van der Waals surface area (Å²) in [5.74, 6) is 0.416. The molecule has 2 aromatic rings. The molecule has 0 bridgehead atoms. The third-order valence-electron chi connectivity index (χ3n) is 4.50. The lowest BCUT2D eigenvalue weighted by molar-refractivity contribution is -0.113. The summed E-state index contributed by atoms with van der Waals surface area (Å²) in [6, 6.07) is 15.7. The molecule has 144 valence electrons. The maximum absolute atomic E-state index is 13.2. The predicted molar refractivity (Wildman–Crippen MR) is 118 cm³/mol. The van der Waals surface area contributed by atoms with E-state index in [1.54, 1.807) is 23.1 Å². The van der Waals surface area contributed by atoms with E-state index in [0.29, 0.717) is 11.1 Å². The van der Waals surface area contributed by atoms with Gasteiger partial charge >= 0.3 is 0 Å². The van der Waals surface area contributed by atoms with E-state index in [1.807, 2.05) is 54.8 Å². The Morgan fingerprint density at radius 3 is 2.71 bits per heavy atom. The molecule has 0 spiro atoms. The van der Waals surface area contributed by atoms with Crippen LogP contribution < -0.4 is 10.6 Å². The molecule has 0 saturated heterocycles. The van der Waals surface area contributed by atoms with Crippen molar-refractivity contribution in [2.45, 2.75) is 32.6 Å². The highest BCUT2D eigenvalue weighted by molar-refractivity contribution is 8.03. The van der Waals surface area contributed by atoms with Gasteiger partial charge in [0.25, 0.3) is 5.91 Å². The lowest BCUT2D eigenvalue weighted by atomic mass is 9.86. The first-order chi connectivity index (χ1) is 13.7. The molecule has 1 aromatic heterocycles. The molecule has 1 aromatic carbocycles. The van der Waals surface area contributed by atoms with Crippen molar-refractivity contribution >= 4 is 34.7 Å². The number of hydrogen-bond acceptors (Lipinski definition) is 5. The van der Waals surface area contributed by atoms with Crippen LogP contribution in [0.15, 0.2) is 69.7 Å². The summed E-state index contributed by atoms with van der Waals surface area (Å²) in [6.45, 7) is 4.06. The lowest BCUT2D eigenvalue weighted by Gasteiger charge is -2.29. The fourth-order valence-corrected chi connectivity index (χ4v) is 5.13. The van der Waals surface area contributed by atoms with Crippen molar-refractivity contribution in [2.75, 3.05) is 11.1 Å². The molecular formula is C22H23N3OS2. The largest absolute Gasteiger partial charge is 0.353 e. The zero-order chi connectivity index (χ0) is 19.9. The van der Waals surface area contributed by atoms with Crippen LogP contribution in [-0.4, -0.2) is 11.7 Å². The molecule has 6 heteroatoms. The molecule has 3 rings (SSSR count). The van der Waals surface area contributed by atoms with Gasteiger partial charge in [-0.2, -0.15) is 5.26 Å². The average molecular weight is 410 g/mol. The first kappa shape index (κ1) is 20.2. The van der Waals surface area contributed by atoms with Gasteiger partial charge < -0.3 is 10.6 Å². The predicted octanol–water partition coefficient (Wildman–Crippen LogP) is 5.62. The fourth-order valence-electron chi connectivity index (χ4n) is 3.11. The number of anilines is 1. The molecule has 28 heavy (non-hydrogen) atoms. The van der Waals surface area contributed by atoms with E-state index in [2.05, 4.69) is 23.6 Å². The van der Waals surface area contributed by atoms with Gasteiger partial charge in [-0.3, -0.25) is 4.79 Å². The van der Waals surface area contributed by atoms with E-state index in [9.17, 15) is 10.1 Å². The van der Waals surface area contributed by atoms with Crippen molar-refractivity contribution in [1.82, 2.24) is 5.32 Å². The highest BCUT2D eigenvalue weighted by Crippen LogP contribution is 2.42. The number of dihydropyridines is 1. The van der Waals surface area contributed by atoms with Crippen molar-refractivity contribution in [1.29, 1.82) is 5.26 Å². The molecule has 0 unspecified atom stereocenters. The summed E-state index contributed by atoms with van der Waals surface area (Å²) in [5, 5.41) is 19.1. The number of carbonyl (C=O) groups excluding carboxylic acids is 1. The van der Waals surface area contributed by atoms with E-state index >= 15 is 0 Å². The Balaban J connectivity index is 1.97. The molecule has 2 heterocycles. The van der Waals surface area contributed by atoms with Gasteiger partial charge in [-0.1, -0.05) is 37.6 Å². The van der Waals surface area contributed by atoms with Gasteiger partial charge in [0.2, 0.25) is 0 Å². The standard InChI is InChI=1S/C22H23N3OS2/c1-3-4-12-28-22-17(14-23)20(18-11-8-13-27-18)19(15(2)24-22)21(26)25-16-9-6-5-7-10-16/h5-11,13,20,24H,3-4,12H2,1-2H3,(H,25,26)/t20-/m0/s1. The Morgan fingerprint density at radius 2 is 2.07 bits per heavy atom. The van der Waals surface area contributed by atoms with Crippen LogP contribution in [-0.2, 0) is 4.79 Å². The van der Waals surface area contributed by atoms with Crippen LogP contribution >= 0.6 is 23.1 Å². The second kappa shape index (κ2) is 9.63. The number of thiophene rings is 1. The monoisotopic (exact) mass is 409 g/mol. The Hall–Kier alpha value is -2.49. The summed E-state index contributed by atoms with van der Waals surface area (Å²) in [6.07, 6.45) is 2.19. The third-order valence-corrected chi connectivity index (χ3v) is 6.54. The third kappa shape index (κ3) is 4.49. The summed E-state index contributed by atoms with van der Waals surface area (Å²) < 4.78 is 0. The van der Waals surface area contributed by atoms with Gasteiger partial charge in [0, 0.05) is 21.8 Å². The highest BCUT2D eigenvalue weighted by atomic mass is 32.2. The Kier molecular flexibility index (Phi) is 6.96. The van der Waals surface area contributed by atoms with Gasteiger partial charge in [0.1, 0.15) is 0 Å². The number of benzene rings is 1. The summed E-state index contributed by atoms with van der Waals surface area (Å²) >= 11 is 3.23. The van der Waals surface area contributed by atoms with Crippen molar-refractivity contribution in [3.8, 4) is 6.07 Å². The van der Waals surface area contributed by atoms with Crippen LogP contribution in [0.25, 0.3) is 0 Å². The number of para-hydroxylation sites is 1. The first-order valence-corrected chi connectivity index (χ1v) is 11.2. The topological polar surface area (TPSA) is 64.9 Å². The van der Waals surface area contributed by atoms with Gasteiger partial charge in [0.05, 0.1) is 22.6 Å². The Bertz CT molecular complexity index is 924. The first-order valence-electron chi connectivity index (χ1n) is 9.30. The quantitative estimate of drug-likeness (QED) is 0.583. The van der Waals surface area contributed by atoms with Crippen molar-refractivity contribution in [3.05, 3.63) is 74.6 Å². The molecule has 0 saturated carbocycles. The number of nitrogens with zero attached hydrogens (tertiary/aromatic N) is 1. The molecule has 2 N–H and O–H groups in total. The van der Waals surface area contributed by atoms with Crippen LogP contribution in [0, 0.1) is 11.3 Å². The Labute approximate surface area is 174 Å². The molecule has 0 radical (unpaired) electrons. The Morgan fingerprint density at radius 1 is 1.29 bits per heavy atom. The number of unbranched alkanes of at least 4 members (excludes halogenated alkanes) is 1. The van der Waals surface area contributed by atoms with Crippen molar-refractivity contribution in [2.24, 2.45) is 0 Å². The fraction of sp³-hybridized carbons (Fsp3) is 0.273. The minimum Gasteiger partial charge on any atom is -0.353 e. The maximum atomic E-state index is 13.2. The van der Waals surface area contributed by atoms with Crippen LogP contribution in [0.3, 0.4) is 0 Å². The number of nitrogens with one attached hydrogen (secondary N) is 2. The average Bonchev–Trinajstić information content (AvgIpc) is 3.23. The number of thioether (sulfide) groups is 1. The van der Waals surface area contributed by atoms with E-state index in [0.717, 1.165) is 39.9 Å². The van der Waals surface area contributed by atoms with Crippen molar-refractivity contribution in [3.63, 3.8) is 0 Å². The minimum atomic E-state index is -0.348. The number of nitriles is 1. The number of rotatable bonds is 7. The van der Waals surface area contributed by atoms with Gasteiger partial charge in [-0.25, -0.2) is 0 Å². The molecule has 1 aliphatic rings. The second-order valence-electron chi connectivity index (χ2n) is 6.49. The van der Waals surface area contributed by atoms with Crippen molar-refractivity contribution < 1.29 is 4.79 Å². The summed E-state index contributed by atoms with van der Waals surface area (Å²) in [7, 11) is 0. The van der Waals surface area contributed by atoms with E-state index < -0.39 is 0 Å². The molecule has 1 aliphatic heterocycles. The smallest absolute Gasteiger partial charge is 0.254 e. The zero-order valence-electron chi connectivity index (χ0n) is 16.0. The van der Waals surface area contributed by atoms with Gasteiger partial charge in [-0.05, 0) is 42.7 Å². The normalized spacial score (nSPS) is 16.5. The number of amides is 1. The minimum absolute atomic E-state index is 0.181. The summed E-state index contributed by atoms with van der Waals surface area (Å²) in [4.78, 5) is 14.2. The summed E-state index contributed by atoms with van der Waals surface area (Å²) in [5.41, 5.74) is 2.75. The molecular weight excluding hydrogens is 386 g/mol. The number of hydrogen-bond donors (Lipinski definition) is 2. The van der Waals surface area contributed by atoms with Crippen LogP contribution in [0.1, 0.15) is 37.5 Å². The molecule has 0 aliphatic carbocycles. The van der Waals surface area contributed by atoms with Gasteiger partial charge in [-0.15, -0.1) is 23.1 Å². The van der Waals surface area contributed by atoms with E-state index in [4.69, 9.17) is 0 Å². The van der Waals surface area contributed by atoms with Crippen LogP contribution in [0.4, 0.5) is 5.69 Å². The molecule has 1 atom stereocenters. The van der Waals surface area contributed by atoms with E-state index in [1.165, 1.54) is 0 Å².